The second-order valence-electron chi connectivity index (χ2n) is 7.16. The number of nitrogens with one attached hydrogen (secondary N) is 1. The van der Waals surface area contributed by atoms with Crippen LogP contribution in [0.15, 0.2) is 82.4 Å². The molecule has 6 heteroatoms. The van der Waals surface area contributed by atoms with Crippen molar-refractivity contribution in [1.82, 2.24) is 9.99 Å². The Kier molecular flexibility index (Phi) is 6.18. The molecule has 0 spiro atoms. The Balaban J connectivity index is 1.67. The van der Waals surface area contributed by atoms with E-state index in [0.717, 1.165) is 38.9 Å². The van der Waals surface area contributed by atoms with Crippen LogP contribution in [0.2, 0.25) is 0 Å². The summed E-state index contributed by atoms with van der Waals surface area (Å²) in [7, 11) is 1.65. The van der Waals surface area contributed by atoms with Crippen molar-refractivity contribution in [2.24, 2.45) is 5.10 Å². The predicted molar refractivity (Wildman–Crippen MR) is 128 cm³/mol. The summed E-state index contributed by atoms with van der Waals surface area (Å²) in [5.74, 6) is 0.518. The number of carbonyl (C=O) groups excluding carboxylic acids is 1. The van der Waals surface area contributed by atoms with E-state index in [4.69, 9.17) is 4.74 Å². The van der Waals surface area contributed by atoms with Gasteiger partial charge < -0.3 is 9.30 Å². The lowest BCUT2D eigenvalue weighted by Gasteiger charge is -2.09. The van der Waals surface area contributed by atoms with Crippen molar-refractivity contribution in [2.45, 2.75) is 13.5 Å². The van der Waals surface area contributed by atoms with Crippen molar-refractivity contribution in [1.29, 1.82) is 0 Å². The molecule has 0 fully saturated rings. The minimum absolute atomic E-state index is 0.257. The molecule has 0 unspecified atom stereocenters. The van der Waals surface area contributed by atoms with E-state index in [1.54, 1.807) is 25.5 Å². The molecule has 0 aliphatic carbocycles. The average Bonchev–Trinajstić information content (AvgIpc) is 3.05. The van der Waals surface area contributed by atoms with Crippen LogP contribution in [0.25, 0.3) is 10.9 Å². The maximum absolute atomic E-state index is 12.4. The molecule has 156 valence electrons. The molecule has 31 heavy (non-hydrogen) atoms. The van der Waals surface area contributed by atoms with E-state index in [1.807, 2.05) is 42.5 Å². The van der Waals surface area contributed by atoms with Crippen LogP contribution in [0, 0.1) is 6.92 Å². The van der Waals surface area contributed by atoms with Crippen LogP contribution in [0.4, 0.5) is 0 Å². The van der Waals surface area contributed by atoms with E-state index in [0.29, 0.717) is 5.56 Å². The maximum Gasteiger partial charge on any atom is 0.271 e. The second-order valence-corrected chi connectivity index (χ2v) is 8.08. The van der Waals surface area contributed by atoms with Crippen molar-refractivity contribution in [3.05, 3.63) is 99.7 Å². The minimum Gasteiger partial charge on any atom is -0.497 e. The molecule has 0 saturated heterocycles. The van der Waals surface area contributed by atoms with Gasteiger partial charge in [-0.3, -0.25) is 4.79 Å². The molecule has 5 nitrogen and oxygen atoms in total. The molecule has 1 amide bonds. The topological polar surface area (TPSA) is 55.6 Å². The first-order chi connectivity index (χ1) is 15.1. The molecule has 3 aromatic carbocycles. The van der Waals surface area contributed by atoms with Crippen molar-refractivity contribution < 1.29 is 9.53 Å². The number of rotatable bonds is 6. The van der Waals surface area contributed by atoms with Gasteiger partial charge in [-0.15, -0.1) is 0 Å². The summed E-state index contributed by atoms with van der Waals surface area (Å²) in [4.78, 5) is 12.4. The SMILES string of the molecule is COc1ccc2c(c1)c(C=NNC(=O)c1ccc(Br)cc1)c(C)n2Cc1ccccc1. The van der Waals surface area contributed by atoms with Crippen LogP contribution in [0.5, 0.6) is 5.75 Å². The number of halogens is 1. The van der Waals surface area contributed by atoms with Gasteiger partial charge >= 0.3 is 0 Å². The summed E-state index contributed by atoms with van der Waals surface area (Å²) in [5, 5.41) is 5.26. The zero-order valence-corrected chi connectivity index (χ0v) is 18.9. The molecule has 1 aromatic heterocycles. The molecule has 4 rings (SSSR count). The lowest BCUT2D eigenvalue weighted by atomic mass is 10.1. The Labute approximate surface area is 189 Å². The minimum atomic E-state index is -0.257. The van der Waals surface area contributed by atoms with Gasteiger partial charge in [0.15, 0.2) is 0 Å². The molecule has 0 saturated carbocycles. The quantitative estimate of drug-likeness (QED) is 0.294. The highest BCUT2D eigenvalue weighted by molar-refractivity contribution is 9.10. The Morgan fingerprint density at radius 1 is 1.10 bits per heavy atom. The Morgan fingerprint density at radius 3 is 2.55 bits per heavy atom. The van der Waals surface area contributed by atoms with E-state index in [2.05, 4.69) is 56.1 Å². The molecule has 0 atom stereocenters. The standard InChI is InChI=1S/C25H22BrN3O2/c1-17-23(15-27-28-25(30)19-8-10-20(26)11-9-19)22-14-21(31-2)12-13-24(22)29(17)16-18-6-4-3-5-7-18/h3-15H,16H2,1-2H3,(H,28,30). The summed E-state index contributed by atoms with van der Waals surface area (Å²) in [6.07, 6.45) is 1.70. The van der Waals surface area contributed by atoms with Crippen molar-refractivity contribution >= 4 is 39.0 Å². The third-order valence-corrected chi connectivity index (χ3v) is 5.76. The zero-order chi connectivity index (χ0) is 21.8. The molecular formula is C25H22BrN3O2. The highest BCUT2D eigenvalue weighted by atomic mass is 79.9. The van der Waals surface area contributed by atoms with Crippen molar-refractivity contribution in [2.75, 3.05) is 7.11 Å². The lowest BCUT2D eigenvalue weighted by Crippen LogP contribution is -2.17. The normalized spacial score (nSPS) is 11.2. The number of carbonyl (C=O) groups is 1. The summed E-state index contributed by atoms with van der Waals surface area (Å²) >= 11 is 3.37. The third-order valence-electron chi connectivity index (χ3n) is 5.23. The Hall–Kier alpha value is -3.38. The number of fused-ring (bicyclic) bond motifs is 1. The molecule has 0 aliphatic rings. The first-order valence-corrected chi connectivity index (χ1v) is 10.7. The van der Waals surface area contributed by atoms with E-state index < -0.39 is 0 Å². The van der Waals surface area contributed by atoms with Crippen LogP contribution in [0.1, 0.15) is 27.2 Å². The van der Waals surface area contributed by atoms with E-state index in [1.165, 1.54) is 5.56 Å². The van der Waals surface area contributed by atoms with Gasteiger partial charge in [0.25, 0.3) is 5.91 Å². The second kappa shape index (κ2) is 9.18. The smallest absolute Gasteiger partial charge is 0.271 e. The van der Waals surface area contributed by atoms with Crippen LogP contribution in [-0.4, -0.2) is 23.8 Å². The summed E-state index contributed by atoms with van der Waals surface area (Å²) in [6.45, 7) is 2.81. The zero-order valence-electron chi connectivity index (χ0n) is 17.3. The number of hydrogen-bond acceptors (Lipinski definition) is 3. The number of nitrogens with zero attached hydrogens (tertiary/aromatic N) is 2. The Bertz CT molecular complexity index is 1250. The maximum atomic E-state index is 12.4. The average molecular weight is 476 g/mol. The van der Waals surface area contributed by atoms with E-state index >= 15 is 0 Å². The number of ether oxygens (including phenoxy) is 1. The molecule has 1 heterocycles. The summed E-state index contributed by atoms with van der Waals surface area (Å²) in [6, 6.07) is 23.5. The van der Waals surface area contributed by atoms with E-state index in [9.17, 15) is 4.79 Å². The monoisotopic (exact) mass is 475 g/mol. The number of hydrazone groups is 1. The molecule has 1 N–H and O–H groups in total. The van der Waals surface area contributed by atoms with Gasteiger partial charge in [0.1, 0.15) is 5.75 Å². The van der Waals surface area contributed by atoms with Crippen LogP contribution in [0.3, 0.4) is 0 Å². The van der Waals surface area contributed by atoms with Gasteiger partial charge in [0, 0.05) is 38.7 Å². The molecule has 4 aromatic rings. The fraction of sp³-hybridized carbons (Fsp3) is 0.120. The van der Waals surface area contributed by atoms with Gasteiger partial charge in [-0.2, -0.15) is 5.10 Å². The molecule has 0 aliphatic heterocycles. The number of hydrogen-bond donors (Lipinski definition) is 1. The highest BCUT2D eigenvalue weighted by Crippen LogP contribution is 2.29. The van der Waals surface area contributed by atoms with Gasteiger partial charge in [0.05, 0.1) is 13.3 Å². The molecule has 0 bridgehead atoms. The largest absolute Gasteiger partial charge is 0.497 e. The van der Waals surface area contributed by atoms with Gasteiger partial charge in [-0.25, -0.2) is 5.43 Å². The molecule has 0 radical (unpaired) electrons. The fourth-order valence-electron chi connectivity index (χ4n) is 3.57. The number of methoxy groups -OCH3 is 1. The Morgan fingerprint density at radius 2 is 1.84 bits per heavy atom. The number of aromatic nitrogens is 1. The lowest BCUT2D eigenvalue weighted by molar-refractivity contribution is 0.0955. The van der Waals surface area contributed by atoms with Crippen molar-refractivity contribution in [3.8, 4) is 5.75 Å². The predicted octanol–water partition coefficient (Wildman–Crippen LogP) is 5.53. The first-order valence-electron chi connectivity index (χ1n) is 9.86. The van der Waals surface area contributed by atoms with E-state index in [-0.39, 0.29) is 5.91 Å². The third kappa shape index (κ3) is 4.54. The fourth-order valence-corrected chi connectivity index (χ4v) is 3.83. The number of benzene rings is 3. The summed E-state index contributed by atoms with van der Waals surface area (Å²) in [5.41, 5.74) is 7.48. The van der Waals surface area contributed by atoms with Crippen LogP contribution in [-0.2, 0) is 6.54 Å². The summed E-state index contributed by atoms with van der Waals surface area (Å²) < 4.78 is 8.60. The first kappa shape index (κ1) is 20.9. The number of amides is 1. The van der Waals surface area contributed by atoms with Gasteiger partial charge in [-0.05, 0) is 55.0 Å². The van der Waals surface area contributed by atoms with Crippen LogP contribution >= 0.6 is 15.9 Å². The van der Waals surface area contributed by atoms with Crippen molar-refractivity contribution in [3.63, 3.8) is 0 Å². The van der Waals surface area contributed by atoms with Gasteiger partial charge in [0.2, 0.25) is 0 Å². The van der Waals surface area contributed by atoms with Crippen LogP contribution < -0.4 is 10.2 Å². The highest BCUT2D eigenvalue weighted by Gasteiger charge is 2.14. The van der Waals surface area contributed by atoms with Gasteiger partial charge in [-0.1, -0.05) is 46.3 Å². The molecular weight excluding hydrogens is 454 g/mol.